The Balaban J connectivity index is 1.85. The van der Waals surface area contributed by atoms with Gasteiger partial charge in [0.25, 0.3) is 5.88 Å². The Morgan fingerprint density at radius 2 is 2.06 bits per heavy atom. The maximum atomic E-state index is 8.75. The summed E-state index contributed by atoms with van der Waals surface area (Å²) < 4.78 is 11.4. The third-order valence-electron chi connectivity index (χ3n) is 2.79. The molecule has 4 heteroatoms. The van der Waals surface area contributed by atoms with E-state index in [2.05, 4.69) is 11.1 Å². The van der Waals surface area contributed by atoms with Gasteiger partial charge >= 0.3 is 0 Å². The number of rotatable bonds is 1. The van der Waals surface area contributed by atoms with Crippen LogP contribution in [0.15, 0.2) is 42.6 Å². The van der Waals surface area contributed by atoms with Crippen molar-refractivity contribution in [3.05, 3.63) is 53.7 Å². The highest BCUT2D eigenvalue weighted by Crippen LogP contribution is 2.33. The fraction of sp³-hybridized carbons (Fsp3) is 0.143. The molecule has 2 aromatic rings. The molecule has 0 aliphatic carbocycles. The van der Waals surface area contributed by atoms with Crippen LogP contribution in [0.1, 0.15) is 17.2 Å². The van der Waals surface area contributed by atoms with Crippen molar-refractivity contribution in [2.24, 2.45) is 0 Å². The van der Waals surface area contributed by atoms with Crippen molar-refractivity contribution in [2.45, 2.75) is 6.10 Å². The summed E-state index contributed by atoms with van der Waals surface area (Å²) in [6.07, 6.45) is 1.49. The first-order valence-corrected chi connectivity index (χ1v) is 5.61. The molecule has 0 saturated heterocycles. The van der Waals surface area contributed by atoms with Crippen molar-refractivity contribution in [3.8, 4) is 17.7 Å². The highest BCUT2D eigenvalue weighted by atomic mass is 16.6. The molecular weight excluding hydrogens is 228 g/mol. The van der Waals surface area contributed by atoms with Crippen LogP contribution in [0.3, 0.4) is 0 Å². The number of aromatic nitrogens is 1. The van der Waals surface area contributed by atoms with E-state index in [1.165, 1.54) is 0 Å². The zero-order valence-electron chi connectivity index (χ0n) is 9.54. The maximum absolute atomic E-state index is 8.75. The minimum Gasteiger partial charge on any atom is -0.484 e. The van der Waals surface area contributed by atoms with Crippen molar-refractivity contribution in [3.63, 3.8) is 0 Å². The lowest BCUT2D eigenvalue weighted by atomic mass is 10.1. The topological polar surface area (TPSA) is 55.1 Å². The fourth-order valence-corrected chi connectivity index (χ4v) is 1.85. The van der Waals surface area contributed by atoms with Crippen LogP contribution >= 0.6 is 0 Å². The first kappa shape index (κ1) is 10.6. The Kier molecular flexibility index (Phi) is 2.58. The van der Waals surface area contributed by atoms with Crippen LogP contribution < -0.4 is 9.47 Å². The molecule has 4 nitrogen and oxygen atoms in total. The van der Waals surface area contributed by atoms with Gasteiger partial charge in [-0.3, -0.25) is 0 Å². The van der Waals surface area contributed by atoms with Crippen LogP contribution in [-0.2, 0) is 0 Å². The molecule has 0 N–H and O–H groups in total. The molecule has 0 bridgehead atoms. The fourth-order valence-electron chi connectivity index (χ4n) is 1.85. The van der Waals surface area contributed by atoms with Crippen molar-refractivity contribution in [1.29, 1.82) is 5.26 Å². The quantitative estimate of drug-likeness (QED) is 0.765. The van der Waals surface area contributed by atoms with Crippen LogP contribution in [0.5, 0.6) is 11.6 Å². The van der Waals surface area contributed by atoms with Crippen LogP contribution in [0.2, 0.25) is 0 Å². The summed E-state index contributed by atoms with van der Waals surface area (Å²) >= 11 is 0. The standard InChI is InChI=1S/C14H10N2O2/c15-8-10-3-5-11(6-4-10)13-9-17-12-2-1-7-16-14(12)18-13/h1-7,13H,9H2. The van der Waals surface area contributed by atoms with E-state index in [4.69, 9.17) is 14.7 Å². The minimum atomic E-state index is -0.180. The highest BCUT2D eigenvalue weighted by molar-refractivity contribution is 5.37. The Bertz CT molecular complexity index is 602. The first-order chi connectivity index (χ1) is 8.86. The summed E-state index contributed by atoms with van der Waals surface area (Å²) in [5.41, 5.74) is 1.61. The molecule has 1 aromatic heterocycles. The SMILES string of the molecule is N#Cc1ccc(C2COc3cccnc3O2)cc1. The van der Waals surface area contributed by atoms with Crippen molar-refractivity contribution in [1.82, 2.24) is 4.98 Å². The van der Waals surface area contributed by atoms with Crippen molar-refractivity contribution < 1.29 is 9.47 Å². The van der Waals surface area contributed by atoms with Crippen LogP contribution in [0, 0.1) is 11.3 Å². The monoisotopic (exact) mass is 238 g/mol. The normalized spacial score (nSPS) is 16.9. The van der Waals surface area contributed by atoms with Gasteiger partial charge in [-0.1, -0.05) is 12.1 Å². The summed E-state index contributed by atoms with van der Waals surface area (Å²) in [4.78, 5) is 4.13. The molecule has 0 spiro atoms. The Morgan fingerprint density at radius 1 is 1.22 bits per heavy atom. The van der Waals surface area contributed by atoms with Gasteiger partial charge in [0.2, 0.25) is 0 Å². The molecule has 1 aliphatic heterocycles. The van der Waals surface area contributed by atoms with E-state index in [1.807, 2.05) is 24.3 Å². The second kappa shape index (κ2) is 4.38. The van der Waals surface area contributed by atoms with E-state index < -0.39 is 0 Å². The summed E-state index contributed by atoms with van der Waals surface area (Å²) in [5.74, 6) is 1.18. The molecule has 1 aromatic carbocycles. The average Bonchev–Trinajstić information content (AvgIpc) is 2.47. The number of fused-ring (bicyclic) bond motifs is 1. The maximum Gasteiger partial charge on any atom is 0.257 e. The van der Waals surface area contributed by atoms with Gasteiger partial charge in [0.15, 0.2) is 11.9 Å². The van der Waals surface area contributed by atoms with Crippen molar-refractivity contribution >= 4 is 0 Å². The molecule has 2 heterocycles. The lowest BCUT2D eigenvalue weighted by Gasteiger charge is -2.25. The van der Waals surface area contributed by atoms with Crippen LogP contribution in [0.4, 0.5) is 0 Å². The number of pyridine rings is 1. The predicted octanol–water partition coefficient (Wildman–Crippen LogP) is 2.47. The minimum absolute atomic E-state index is 0.180. The number of ether oxygens (including phenoxy) is 2. The molecule has 0 fully saturated rings. The molecule has 88 valence electrons. The third kappa shape index (κ3) is 1.87. The van der Waals surface area contributed by atoms with Gasteiger partial charge in [0, 0.05) is 6.20 Å². The zero-order valence-corrected chi connectivity index (χ0v) is 9.54. The molecule has 1 aliphatic rings. The Labute approximate surface area is 104 Å². The zero-order chi connectivity index (χ0) is 12.4. The van der Waals surface area contributed by atoms with Gasteiger partial charge in [-0.15, -0.1) is 0 Å². The van der Waals surface area contributed by atoms with E-state index in [0.29, 0.717) is 23.8 Å². The Hall–Kier alpha value is -2.54. The first-order valence-electron chi connectivity index (χ1n) is 5.61. The Morgan fingerprint density at radius 3 is 2.83 bits per heavy atom. The number of nitriles is 1. The van der Waals surface area contributed by atoms with Crippen molar-refractivity contribution in [2.75, 3.05) is 6.61 Å². The second-order valence-corrected chi connectivity index (χ2v) is 3.96. The molecule has 0 amide bonds. The van der Waals surface area contributed by atoms with Crippen LogP contribution in [0.25, 0.3) is 0 Å². The van der Waals surface area contributed by atoms with Gasteiger partial charge in [-0.2, -0.15) is 5.26 Å². The predicted molar refractivity (Wildman–Crippen MR) is 64.3 cm³/mol. The molecule has 0 saturated carbocycles. The van der Waals surface area contributed by atoms with Gasteiger partial charge in [-0.05, 0) is 29.8 Å². The van der Waals surface area contributed by atoms with Crippen LogP contribution in [-0.4, -0.2) is 11.6 Å². The van der Waals surface area contributed by atoms with E-state index in [0.717, 1.165) is 5.56 Å². The number of nitrogens with zero attached hydrogens (tertiary/aromatic N) is 2. The summed E-state index contributed by atoms with van der Waals surface area (Å²) in [7, 11) is 0. The van der Waals surface area contributed by atoms with Gasteiger partial charge in [0.1, 0.15) is 6.61 Å². The second-order valence-electron chi connectivity index (χ2n) is 3.96. The largest absolute Gasteiger partial charge is 0.484 e. The molecule has 3 rings (SSSR count). The molecule has 1 unspecified atom stereocenters. The summed E-state index contributed by atoms with van der Waals surface area (Å²) in [6, 6.07) is 13.0. The lowest BCUT2D eigenvalue weighted by Crippen LogP contribution is -2.22. The van der Waals surface area contributed by atoms with E-state index >= 15 is 0 Å². The van der Waals surface area contributed by atoms with E-state index in [9.17, 15) is 0 Å². The molecule has 18 heavy (non-hydrogen) atoms. The van der Waals surface area contributed by atoms with E-state index in [-0.39, 0.29) is 6.10 Å². The number of hydrogen-bond donors (Lipinski definition) is 0. The summed E-state index contributed by atoms with van der Waals surface area (Å²) in [6.45, 7) is 0.449. The molecule has 1 atom stereocenters. The lowest BCUT2D eigenvalue weighted by molar-refractivity contribution is 0.0851. The van der Waals surface area contributed by atoms with Gasteiger partial charge < -0.3 is 9.47 Å². The molecule has 0 radical (unpaired) electrons. The smallest absolute Gasteiger partial charge is 0.257 e. The van der Waals surface area contributed by atoms with E-state index in [1.54, 1.807) is 18.3 Å². The average molecular weight is 238 g/mol. The summed E-state index contributed by atoms with van der Waals surface area (Å²) in [5, 5.41) is 8.75. The van der Waals surface area contributed by atoms with Gasteiger partial charge in [0.05, 0.1) is 11.6 Å². The number of hydrogen-bond acceptors (Lipinski definition) is 4. The highest BCUT2D eigenvalue weighted by Gasteiger charge is 2.23. The third-order valence-corrected chi connectivity index (χ3v) is 2.79. The number of benzene rings is 1. The van der Waals surface area contributed by atoms with Gasteiger partial charge in [-0.25, -0.2) is 4.98 Å². The molecular formula is C14H10N2O2.